The van der Waals surface area contributed by atoms with Crippen molar-refractivity contribution in [3.8, 4) is 0 Å². The van der Waals surface area contributed by atoms with E-state index in [9.17, 15) is 0 Å². The molecule has 0 aliphatic rings. The summed E-state index contributed by atoms with van der Waals surface area (Å²) >= 11 is 0. The highest BCUT2D eigenvalue weighted by molar-refractivity contribution is 5.26. The van der Waals surface area contributed by atoms with Gasteiger partial charge >= 0.3 is 0 Å². The van der Waals surface area contributed by atoms with Crippen LogP contribution in [0.4, 0.5) is 5.95 Å². The molecule has 1 aromatic carbocycles. The fourth-order valence-corrected chi connectivity index (χ4v) is 1.94. The first-order chi connectivity index (χ1) is 8.81. The number of nitrogens with one attached hydrogen (secondary N) is 1. The quantitative estimate of drug-likeness (QED) is 0.820. The maximum atomic E-state index is 6.14. The average molecular weight is 244 g/mol. The third-order valence-electron chi connectivity index (χ3n) is 3.02. The van der Waals surface area contributed by atoms with Crippen molar-refractivity contribution in [3.63, 3.8) is 0 Å². The molecule has 2 aromatic rings. The molecule has 0 aliphatic heterocycles. The molecule has 4 heteroatoms. The van der Waals surface area contributed by atoms with E-state index in [4.69, 9.17) is 5.73 Å². The van der Waals surface area contributed by atoms with Gasteiger partial charge in [-0.3, -0.25) is 0 Å². The van der Waals surface area contributed by atoms with Gasteiger partial charge in [0.1, 0.15) is 0 Å². The van der Waals surface area contributed by atoms with Gasteiger partial charge in [0.2, 0.25) is 5.95 Å². The number of benzene rings is 1. The molecule has 18 heavy (non-hydrogen) atoms. The highest BCUT2D eigenvalue weighted by atomic mass is 15.2. The predicted molar refractivity (Wildman–Crippen MR) is 74.4 cm³/mol. The van der Waals surface area contributed by atoms with Crippen molar-refractivity contribution < 1.29 is 0 Å². The molecule has 1 heterocycles. The number of rotatable bonds is 6. The van der Waals surface area contributed by atoms with Crippen molar-refractivity contribution in [2.75, 3.05) is 11.9 Å². The number of imidazole rings is 1. The molecule has 0 aliphatic carbocycles. The molecule has 0 amide bonds. The Balaban J connectivity index is 1.82. The van der Waals surface area contributed by atoms with Crippen LogP contribution in [0.5, 0.6) is 0 Å². The van der Waals surface area contributed by atoms with Crippen molar-refractivity contribution in [3.05, 3.63) is 48.3 Å². The third kappa shape index (κ3) is 3.11. The van der Waals surface area contributed by atoms with E-state index in [0.29, 0.717) is 0 Å². The number of anilines is 1. The second-order valence-electron chi connectivity index (χ2n) is 4.27. The Hall–Kier alpha value is -1.81. The number of aromatic nitrogens is 2. The van der Waals surface area contributed by atoms with Crippen molar-refractivity contribution in [2.24, 2.45) is 5.73 Å². The summed E-state index contributed by atoms with van der Waals surface area (Å²) in [5.74, 6) is 0.915. The van der Waals surface area contributed by atoms with E-state index in [0.717, 1.165) is 25.5 Å². The standard InChI is InChI=1S/C14H20N4/c1-2-18-11-10-17-14(18)16-9-8-13(15)12-6-4-3-5-7-12/h3-7,10-11,13H,2,8-9,15H2,1H3,(H,16,17). The van der Waals surface area contributed by atoms with Gasteiger partial charge in [-0.05, 0) is 18.9 Å². The molecule has 0 saturated heterocycles. The van der Waals surface area contributed by atoms with Gasteiger partial charge in [0.05, 0.1) is 0 Å². The van der Waals surface area contributed by atoms with E-state index in [2.05, 4.69) is 33.9 Å². The van der Waals surface area contributed by atoms with Gasteiger partial charge in [-0.2, -0.15) is 0 Å². The van der Waals surface area contributed by atoms with Crippen molar-refractivity contribution >= 4 is 5.95 Å². The molecule has 1 unspecified atom stereocenters. The first-order valence-electron chi connectivity index (χ1n) is 6.36. The predicted octanol–water partition coefficient (Wildman–Crippen LogP) is 2.41. The minimum atomic E-state index is 0.0729. The zero-order chi connectivity index (χ0) is 12.8. The second-order valence-corrected chi connectivity index (χ2v) is 4.27. The summed E-state index contributed by atoms with van der Waals surface area (Å²) in [7, 11) is 0. The molecule has 1 aromatic heterocycles. The van der Waals surface area contributed by atoms with E-state index < -0.39 is 0 Å². The summed E-state index contributed by atoms with van der Waals surface area (Å²) in [5.41, 5.74) is 7.32. The fraction of sp³-hybridized carbons (Fsp3) is 0.357. The second kappa shape index (κ2) is 6.21. The Morgan fingerprint density at radius 2 is 2.11 bits per heavy atom. The van der Waals surface area contributed by atoms with Crippen LogP contribution in [0.1, 0.15) is 24.9 Å². The van der Waals surface area contributed by atoms with Gasteiger partial charge < -0.3 is 15.6 Å². The smallest absolute Gasteiger partial charge is 0.202 e. The highest BCUT2D eigenvalue weighted by Crippen LogP contribution is 2.13. The summed E-state index contributed by atoms with van der Waals surface area (Å²) in [5, 5.41) is 3.32. The molecule has 0 bridgehead atoms. The van der Waals surface area contributed by atoms with Crippen LogP contribution in [-0.4, -0.2) is 16.1 Å². The van der Waals surface area contributed by atoms with Gasteiger partial charge in [-0.1, -0.05) is 30.3 Å². The topological polar surface area (TPSA) is 55.9 Å². The molecular formula is C14H20N4. The first-order valence-corrected chi connectivity index (χ1v) is 6.36. The number of aryl methyl sites for hydroxylation is 1. The van der Waals surface area contributed by atoms with Crippen molar-refractivity contribution in [1.82, 2.24) is 9.55 Å². The Morgan fingerprint density at radius 3 is 2.83 bits per heavy atom. The summed E-state index contributed by atoms with van der Waals surface area (Å²) in [6.45, 7) is 3.85. The van der Waals surface area contributed by atoms with Crippen LogP contribution in [0.15, 0.2) is 42.7 Å². The van der Waals surface area contributed by atoms with E-state index >= 15 is 0 Å². The molecule has 96 valence electrons. The summed E-state index contributed by atoms with van der Waals surface area (Å²) in [4.78, 5) is 4.27. The molecule has 1 atom stereocenters. The monoisotopic (exact) mass is 244 g/mol. The van der Waals surface area contributed by atoms with Crippen molar-refractivity contribution in [2.45, 2.75) is 25.9 Å². The molecule has 0 spiro atoms. The third-order valence-corrected chi connectivity index (χ3v) is 3.02. The SMILES string of the molecule is CCn1ccnc1NCCC(N)c1ccccc1. The first kappa shape index (κ1) is 12.6. The maximum absolute atomic E-state index is 6.14. The number of nitrogens with zero attached hydrogens (tertiary/aromatic N) is 2. The minimum absolute atomic E-state index is 0.0729. The van der Waals surface area contributed by atoms with Crippen LogP contribution >= 0.6 is 0 Å². The van der Waals surface area contributed by atoms with Crippen molar-refractivity contribution in [1.29, 1.82) is 0 Å². The minimum Gasteiger partial charge on any atom is -0.356 e. The van der Waals surface area contributed by atoms with Crippen LogP contribution in [0.3, 0.4) is 0 Å². The lowest BCUT2D eigenvalue weighted by molar-refractivity contribution is 0.667. The lowest BCUT2D eigenvalue weighted by Gasteiger charge is -2.13. The molecule has 4 nitrogen and oxygen atoms in total. The van der Waals surface area contributed by atoms with Gasteiger partial charge in [0.15, 0.2) is 0 Å². The van der Waals surface area contributed by atoms with E-state index in [-0.39, 0.29) is 6.04 Å². The summed E-state index contributed by atoms with van der Waals surface area (Å²) < 4.78 is 2.08. The molecule has 0 saturated carbocycles. The molecule has 0 radical (unpaired) electrons. The van der Waals surface area contributed by atoms with Crippen LogP contribution in [-0.2, 0) is 6.54 Å². The maximum Gasteiger partial charge on any atom is 0.202 e. The van der Waals surface area contributed by atoms with Crippen LogP contribution < -0.4 is 11.1 Å². The van der Waals surface area contributed by atoms with Crippen LogP contribution in [0, 0.1) is 0 Å². The van der Waals surface area contributed by atoms with Gasteiger partial charge in [-0.15, -0.1) is 0 Å². The zero-order valence-corrected chi connectivity index (χ0v) is 10.7. The fourth-order valence-electron chi connectivity index (χ4n) is 1.94. The lowest BCUT2D eigenvalue weighted by atomic mass is 10.1. The lowest BCUT2D eigenvalue weighted by Crippen LogP contribution is -2.16. The summed E-state index contributed by atoms with van der Waals surface area (Å²) in [6.07, 6.45) is 4.67. The van der Waals surface area contributed by atoms with E-state index in [1.807, 2.05) is 30.6 Å². The highest BCUT2D eigenvalue weighted by Gasteiger charge is 2.05. The molecule has 3 N–H and O–H groups in total. The Labute approximate surface area is 108 Å². The number of nitrogens with two attached hydrogens (primary N) is 1. The van der Waals surface area contributed by atoms with E-state index in [1.54, 1.807) is 0 Å². The number of hydrogen-bond donors (Lipinski definition) is 2. The number of hydrogen-bond acceptors (Lipinski definition) is 3. The van der Waals surface area contributed by atoms with Gasteiger partial charge in [0, 0.05) is 31.5 Å². The summed E-state index contributed by atoms with van der Waals surface area (Å²) in [6, 6.07) is 10.3. The average Bonchev–Trinajstić information content (AvgIpc) is 2.87. The Kier molecular flexibility index (Phi) is 4.36. The Morgan fingerprint density at radius 1 is 1.33 bits per heavy atom. The zero-order valence-electron chi connectivity index (χ0n) is 10.7. The normalized spacial score (nSPS) is 12.3. The van der Waals surface area contributed by atoms with Gasteiger partial charge in [0.25, 0.3) is 0 Å². The largest absolute Gasteiger partial charge is 0.356 e. The van der Waals surface area contributed by atoms with Crippen LogP contribution in [0.2, 0.25) is 0 Å². The molecule has 2 rings (SSSR count). The van der Waals surface area contributed by atoms with E-state index in [1.165, 1.54) is 5.56 Å². The van der Waals surface area contributed by atoms with Crippen LogP contribution in [0.25, 0.3) is 0 Å². The molecular weight excluding hydrogens is 224 g/mol. The molecule has 0 fully saturated rings. The Bertz CT molecular complexity index is 464. The van der Waals surface area contributed by atoms with Gasteiger partial charge in [-0.25, -0.2) is 4.98 Å².